The molecule has 2 aromatic rings. The number of carbonyl (C=O) groups is 3. The summed E-state index contributed by atoms with van der Waals surface area (Å²) < 4.78 is 6.04. The number of ether oxygens (including phenoxy) is 1. The maximum absolute atomic E-state index is 12.2. The van der Waals surface area contributed by atoms with E-state index in [0.29, 0.717) is 5.03 Å². The number of aromatic nitrogens is 3. The summed E-state index contributed by atoms with van der Waals surface area (Å²) in [6.45, 7) is 1.67. The minimum absolute atomic E-state index is 0.0685. The fraction of sp³-hybridized carbons (Fsp3) is 0.267. The van der Waals surface area contributed by atoms with Gasteiger partial charge in [0.25, 0.3) is 0 Å². The maximum Gasteiger partial charge on any atom is 0.375 e. The summed E-state index contributed by atoms with van der Waals surface area (Å²) in [4.78, 5) is 36.1. The highest BCUT2D eigenvalue weighted by Crippen LogP contribution is 2.29. The van der Waals surface area contributed by atoms with Gasteiger partial charge in [-0.05, 0) is 19.1 Å². The summed E-state index contributed by atoms with van der Waals surface area (Å²) in [6, 6.07) is 9.40. The van der Waals surface area contributed by atoms with Crippen molar-refractivity contribution in [1.82, 2.24) is 15.0 Å². The van der Waals surface area contributed by atoms with E-state index in [-0.39, 0.29) is 12.3 Å². The Balaban J connectivity index is 2.15. The monoisotopic (exact) mass is 333 g/mol. The Morgan fingerprint density at radius 3 is 2.57 bits per heavy atom. The summed E-state index contributed by atoms with van der Waals surface area (Å²) in [7, 11) is 1.65. The number of Topliss-reactive ketones (excluding diaryl/α,β-unsaturated/α-hetero) is 2. The van der Waals surface area contributed by atoms with E-state index >= 15 is 0 Å². The van der Waals surface area contributed by atoms with Crippen LogP contribution in [0.3, 0.4) is 0 Å². The lowest BCUT2D eigenvalue weighted by Crippen LogP contribution is -2.21. The number of hydrogen-bond acceptors (Lipinski definition) is 7. The predicted octanol–water partition coefficient (Wildman–Crippen LogP) is 1.67. The standard InChI is InChI=1S/C15H15N3O4S/c1-3-22-15(21)12(20)9-11(19)13-14(18(2)17-16-13)23-10-7-5-4-6-8-10/h4-8H,3,9H2,1-2H3. The van der Waals surface area contributed by atoms with E-state index in [0.717, 1.165) is 4.90 Å². The number of esters is 1. The van der Waals surface area contributed by atoms with Gasteiger partial charge in [-0.2, -0.15) is 0 Å². The first-order valence-corrected chi connectivity index (χ1v) is 7.70. The molecule has 2 rings (SSSR count). The van der Waals surface area contributed by atoms with Crippen molar-refractivity contribution in [1.29, 1.82) is 0 Å². The van der Waals surface area contributed by atoms with Crippen LogP contribution in [0, 0.1) is 0 Å². The van der Waals surface area contributed by atoms with Crippen molar-refractivity contribution >= 4 is 29.3 Å². The zero-order valence-corrected chi connectivity index (χ0v) is 13.5. The van der Waals surface area contributed by atoms with Crippen LogP contribution in [0.15, 0.2) is 40.3 Å². The highest BCUT2D eigenvalue weighted by Gasteiger charge is 2.25. The molecule has 7 nitrogen and oxygen atoms in total. The van der Waals surface area contributed by atoms with Crippen LogP contribution in [0.4, 0.5) is 0 Å². The minimum atomic E-state index is -1.01. The summed E-state index contributed by atoms with van der Waals surface area (Å²) in [6.07, 6.45) is -0.583. The first kappa shape index (κ1) is 16.9. The largest absolute Gasteiger partial charge is 0.460 e. The lowest BCUT2D eigenvalue weighted by atomic mass is 10.1. The molecule has 0 aliphatic heterocycles. The molecule has 23 heavy (non-hydrogen) atoms. The zero-order chi connectivity index (χ0) is 16.8. The lowest BCUT2D eigenvalue weighted by Gasteiger charge is -2.04. The number of carbonyl (C=O) groups excluding carboxylic acids is 3. The molecule has 0 spiro atoms. The van der Waals surface area contributed by atoms with Gasteiger partial charge in [0.15, 0.2) is 11.5 Å². The number of ketones is 2. The summed E-state index contributed by atoms with van der Waals surface area (Å²) >= 11 is 1.31. The second-order valence-corrected chi connectivity index (χ2v) is 5.59. The van der Waals surface area contributed by atoms with Crippen LogP contribution >= 0.6 is 11.8 Å². The van der Waals surface area contributed by atoms with E-state index in [4.69, 9.17) is 0 Å². The summed E-state index contributed by atoms with van der Waals surface area (Å²) in [5, 5.41) is 8.14. The molecule has 0 aliphatic carbocycles. The van der Waals surface area contributed by atoms with Crippen molar-refractivity contribution < 1.29 is 19.1 Å². The van der Waals surface area contributed by atoms with E-state index in [9.17, 15) is 14.4 Å². The van der Waals surface area contributed by atoms with Crippen molar-refractivity contribution in [3.8, 4) is 0 Å². The van der Waals surface area contributed by atoms with Gasteiger partial charge in [-0.25, -0.2) is 9.48 Å². The molecule has 0 saturated carbocycles. The Morgan fingerprint density at radius 2 is 1.91 bits per heavy atom. The van der Waals surface area contributed by atoms with Gasteiger partial charge in [-0.3, -0.25) is 9.59 Å². The fourth-order valence-corrected chi connectivity index (χ4v) is 2.69. The minimum Gasteiger partial charge on any atom is -0.460 e. The van der Waals surface area contributed by atoms with Crippen LogP contribution in [-0.4, -0.2) is 39.1 Å². The van der Waals surface area contributed by atoms with Gasteiger partial charge >= 0.3 is 5.97 Å². The van der Waals surface area contributed by atoms with Gasteiger partial charge < -0.3 is 4.74 Å². The smallest absolute Gasteiger partial charge is 0.375 e. The summed E-state index contributed by atoms with van der Waals surface area (Å²) in [5.74, 6) is -2.46. The van der Waals surface area contributed by atoms with Crippen molar-refractivity contribution in [3.05, 3.63) is 36.0 Å². The molecule has 0 radical (unpaired) electrons. The van der Waals surface area contributed by atoms with Crippen LogP contribution in [-0.2, 0) is 21.4 Å². The fourth-order valence-electron chi connectivity index (χ4n) is 1.75. The Morgan fingerprint density at radius 1 is 1.22 bits per heavy atom. The molecular weight excluding hydrogens is 318 g/mol. The molecule has 1 aromatic carbocycles. The van der Waals surface area contributed by atoms with Crippen LogP contribution in [0.25, 0.3) is 0 Å². The van der Waals surface area contributed by atoms with Crippen LogP contribution in [0.2, 0.25) is 0 Å². The topological polar surface area (TPSA) is 91.2 Å². The van der Waals surface area contributed by atoms with Crippen molar-refractivity contribution in [2.75, 3.05) is 6.61 Å². The molecule has 0 unspecified atom stereocenters. The third-order valence-corrected chi connectivity index (χ3v) is 3.98. The van der Waals surface area contributed by atoms with Gasteiger partial charge in [-0.1, -0.05) is 35.2 Å². The van der Waals surface area contributed by atoms with Gasteiger partial charge in [-0.15, -0.1) is 5.10 Å². The Kier molecular flexibility index (Phi) is 5.64. The SMILES string of the molecule is CCOC(=O)C(=O)CC(=O)c1nnn(C)c1Sc1ccccc1. The van der Waals surface area contributed by atoms with Crippen LogP contribution in [0.1, 0.15) is 23.8 Å². The highest BCUT2D eigenvalue weighted by atomic mass is 32.2. The number of hydrogen-bond donors (Lipinski definition) is 0. The Labute approximate surface area is 137 Å². The number of aryl methyl sites for hydroxylation is 1. The van der Waals surface area contributed by atoms with Crippen LogP contribution < -0.4 is 0 Å². The second-order valence-electron chi connectivity index (χ2n) is 4.53. The van der Waals surface area contributed by atoms with Gasteiger partial charge in [0.05, 0.1) is 13.0 Å². The van der Waals surface area contributed by atoms with Gasteiger partial charge in [0, 0.05) is 11.9 Å². The lowest BCUT2D eigenvalue weighted by molar-refractivity contribution is -0.153. The van der Waals surface area contributed by atoms with E-state index in [1.807, 2.05) is 30.3 Å². The Hall–Kier alpha value is -2.48. The van der Waals surface area contributed by atoms with Crippen molar-refractivity contribution in [2.45, 2.75) is 23.3 Å². The van der Waals surface area contributed by atoms with Crippen LogP contribution in [0.5, 0.6) is 0 Å². The van der Waals surface area contributed by atoms with E-state index < -0.39 is 24.0 Å². The molecule has 0 aliphatic rings. The molecule has 0 saturated heterocycles. The zero-order valence-electron chi connectivity index (χ0n) is 12.7. The predicted molar refractivity (Wildman–Crippen MR) is 82.2 cm³/mol. The van der Waals surface area contributed by atoms with E-state index in [1.165, 1.54) is 16.4 Å². The quantitative estimate of drug-likeness (QED) is 0.329. The highest BCUT2D eigenvalue weighted by molar-refractivity contribution is 7.99. The maximum atomic E-state index is 12.2. The first-order chi connectivity index (χ1) is 11.0. The molecule has 1 aromatic heterocycles. The molecule has 8 heteroatoms. The van der Waals surface area contributed by atoms with Crippen molar-refractivity contribution in [3.63, 3.8) is 0 Å². The Bertz CT molecular complexity index is 728. The van der Waals surface area contributed by atoms with E-state index in [2.05, 4.69) is 15.0 Å². The first-order valence-electron chi connectivity index (χ1n) is 6.88. The molecule has 0 bridgehead atoms. The molecular formula is C15H15N3O4S. The normalized spacial score (nSPS) is 10.3. The molecule has 0 fully saturated rings. The summed E-state index contributed by atoms with van der Waals surface area (Å²) in [5.41, 5.74) is 0.0685. The number of rotatable bonds is 7. The molecule has 0 atom stereocenters. The number of nitrogens with zero attached hydrogens (tertiary/aromatic N) is 3. The molecule has 0 N–H and O–H groups in total. The molecule has 0 amide bonds. The number of benzene rings is 1. The van der Waals surface area contributed by atoms with Gasteiger partial charge in [0.2, 0.25) is 5.78 Å². The molecule has 1 heterocycles. The van der Waals surface area contributed by atoms with Gasteiger partial charge in [0.1, 0.15) is 5.03 Å². The second kappa shape index (κ2) is 7.68. The third kappa shape index (κ3) is 4.26. The molecule has 120 valence electrons. The van der Waals surface area contributed by atoms with E-state index in [1.54, 1.807) is 14.0 Å². The average molecular weight is 333 g/mol. The average Bonchev–Trinajstić information content (AvgIpc) is 2.89. The van der Waals surface area contributed by atoms with Crippen molar-refractivity contribution in [2.24, 2.45) is 7.05 Å². The third-order valence-electron chi connectivity index (χ3n) is 2.82.